The fraction of sp³-hybridized carbons (Fsp3) is 0.455. The van der Waals surface area contributed by atoms with Crippen molar-refractivity contribution in [2.24, 2.45) is 0 Å². The molecule has 0 unspecified atom stereocenters. The van der Waals surface area contributed by atoms with E-state index in [4.69, 9.17) is 4.74 Å². The first-order valence-electron chi connectivity index (χ1n) is 5.56. The molecule has 1 aromatic rings. The van der Waals surface area contributed by atoms with Crippen LogP contribution in [0.25, 0.3) is 0 Å². The summed E-state index contributed by atoms with van der Waals surface area (Å²) < 4.78 is 30.9. The summed E-state index contributed by atoms with van der Waals surface area (Å²) in [5, 5.41) is 10.5. The maximum atomic E-state index is 11.8. The van der Waals surface area contributed by atoms with Crippen LogP contribution in [0.5, 0.6) is 0 Å². The highest BCUT2D eigenvalue weighted by molar-refractivity contribution is 7.88. The summed E-state index contributed by atoms with van der Waals surface area (Å²) in [4.78, 5) is 9.95. The van der Waals surface area contributed by atoms with Crippen molar-refractivity contribution >= 4 is 15.7 Å². The Balaban J connectivity index is 2.70. The third-order valence-electron chi connectivity index (χ3n) is 2.30. The van der Waals surface area contributed by atoms with Crippen LogP contribution in [0.4, 0.5) is 5.69 Å². The fourth-order valence-electron chi connectivity index (χ4n) is 1.57. The van der Waals surface area contributed by atoms with Crippen LogP contribution >= 0.6 is 0 Å². The highest BCUT2D eigenvalue weighted by Crippen LogP contribution is 2.13. The summed E-state index contributed by atoms with van der Waals surface area (Å²) >= 11 is 0. The maximum Gasteiger partial charge on any atom is 0.269 e. The van der Waals surface area contributed by atoms with Crippen molar-refractivity contribution in [3.8, 4) is 0 Å². The third kappa shape index (κ3) is 5.33. The van der Waals surface area contributed by atoms with E-state index >= 15 is 0 Å². The molecule has 0 saturated heterocycles. The van der Waals surface area contributed by atoms with Gasteiger partial charge in [0.15, 0.2) is 0 Å². The Bertz CT molecular complexity index is 527. The average Bonchev–Trinajstić information content (AvgIpc) is 2.28. The van der Waals surface area contributed by atoms with E-state index in [0.29, 0.717) is 5.56 Å². The van der Waals surface area contributed by atoms with Crippen molar-refractivity contribution in [3.63, 3.8) is 0 Å². The second-order valence-electron chi connectivity index (χ2n) is 4.16. The molecule has 0 saturated carbocycles. The van der Waals surface area contributed by atoms with Gasteiger partial charge in [0.05, 0.1) is 17.3 Å². The molecule has 0 aliphatic heterocycles. The standard InChI is InChI=1S/C11H16N2O5S/c1-9(7-18-2)12-19(16,17)8-10-3-5-11(6-4-10)13(14)15/h3-6,9,12H,7-8H2,1-2H3/t9-/m0/s1. The van der Waals surface area contributed by atoms with Gasteiger partial charge in [0.2, 0.25) is 10.0 Å². The molecule has 7 nitrogen and oxygen atoms in total. The second kappa shape index (κ2) is 6.60. The topological polar surface area (TPSA) is 98.5 Å². The number of hydrogen-bond acceptors (Lipinski definition) is 5. The van der Waals surface area contributed by atoms with Crippen LogP contribution in [0.15, 0.2) is 24.3 Å². The Morgan fingerprint density at radius 2 is 1.95 bits per heavy atom. The maximum absolute atomic E-state index is 11.8. The zero-order valence-electron chi connectivity index (χ0n) is 10.7. The summed E-state index contributed by atoms with van der Waals surface area (Å²) in [5.74, 6) is -0.223. The number of rotatable bonds is 7. The largest absolute Gasteiger partial charge is 0.383 e. The van der Waals surface area contributed by atoms with E-state index in [1.807, 2.05) is 0 Å². The molecule has 1 aromatic carbocycles. The lowest BCUT2D eigenvalue weighted by Crippen LogP contribution is -2.36. The van der Waals surface area contributed by atoms with E-state index < -0.39 is 14.9 Å². The summed E-state index contributed by atoms with van der Waals surface area (Å²) in [6.45, 7) is 1.97. The highest BCUT2D eigenvalue weighted by atomic mass is 32.2. The van der Waals surface area contributed by atoms with Gasteiger partial charge < -0.3 is 4.74 Å². The zero-order valence-corrected chi connectivity index (χ0v) is 11.5. The summed E-state index contributed by atoms with van der Waals surface area (Å²) in [6.07, 6.45) is 0. The lowest BCUT2D eigenvalue weighted by atomic mass is 10.2. The normalized spacial score (nSPS) is 13.2. The van der Waals surface area contributed by atoms with Crippen molar-refractivity contribution in [3.05, 3.63) is 39.9 Å². The van der Waals surface area contributed by atoms with Gasteiger partial charge in [-0.2, -0.15) is 0 Å². The molecule has 0 aliphatic rings. The molecule has 0 heterocycles. The van der Waals surface area contributed by atoms with Crippen LogP contribution in [0.1, 0.15) is 12.5 Å². The van der Waals surface area contributed by atoms with Gasteiger partial charge in [-0.05, 0) is 12.5 Å². The number of benzene rings is 1. The van der Waals surface area contributed by atoms with E-state index in [1.165, 1.54) is 31.4 Å². The van der Waals surface area contributed by atoms with Gasteiger partial charge in [-0.15, -0.1) is 0 Å². The minimum atomic E-state index is -3.49. The van der Waals surface area contributed by atoms with Crippen LogP contribution in [0, 0.1) is 10.1 Å². The Kier molecular flexibility index (Phi) is 5.40. The summed E-state index contributed by atoms with van der Waals surface area (Å²) in [7, 11) is -2.00. The predicted molar refractivity (Wildman–Crippen MR) is 70.2 cm³/mol. The van der Waals surface area contributed by atoms with Crippen molar-refractivity contribution in [1.29, 1.82) is 0 Å². The van der Waals surface area contributed by atoms with Crippen LogP contribution in [-0.4, -0.2) is 33.1 Å². The van der Waals surface area contributed by atoms with E-state index in [0.717, 1.165) is 0 Å². The van der Waals surface area contributed by atoms with Gasteiger partial charge in [0, 0.05) is 25.3 Å². The SMILES string of the molecule is COC[C@H](C)NS(=O)(=O)Cc1ccc([N+](=O)[O-])cc1. The Morgan fingerprint density at radius 3 is 2.42 bits per heavy atom. The molecule has 19 heavy (non-hydrogen) atoms. The number of non-ortho nitro benzene ring substituents is 1. The molecule has 0 radical (unpaired) electrons. The molecule has 0 aliphatic carbocycles. The van der Waals surface area contributed by atoms with Gasteiger partial charge in [0.25, 0.3) is 5.69 Å². The van der Waals surface area contributed by atoms with Gasteiger partial charge >= 0.3 is 0 Å². The van der Waals surface area contributed by atoms with Crippen molar-refractivity contribution < 1.29 is 18.1 Å². The number of sulfonamides is 1. The second-order valence-corrected chi connectivity index (χ2v) is 5.91. The molecular weight excluding hydrogens is 272 g/mol. The molecule has 0 spiro atoms. The number of ether oxygens (including phenoxy) is 1. The fourth-order valence-corrected chi connectivity index (χ4v) is 2.96. The molecular formula is C11H16N2O5S. The number of methoxy groups -OCH3 is 1. The smallest absolute Gasteiger partial charge is 0.269 e. The van der Waals surface area contributed by atoms with Crippen LogP contribution in [-0.2, 0) is 20.5 Å². The summed E-state index contributed by atoms with van der Waals surface area (Å²) in [6, 6.07) is 5.09. The molecule has 1 rings (SSSR count). The summed E-state index contributed by atoms with van der Waals surface area (Å²) in [5.41, 5.74) is 0.421. The van der Waals surface area contributed by atoms with Crippen LogP contribution < -0.4 is 4.72 Å². The van der Waals surface area contributed by atoms with Gasteiger partial charge in [-0.3, -0.25) is 10.1 Å². The minimum absolute atomic E-state index is 0.0677. The third-order valence-corrected chi connectivity index (χ3v) is 3.78. The molecule has 0 bridgehead atoms. The molecule has 106 valence electrons. The lowest BCUT2D eigenvalue weighted by molar-refractivity contribution is -0.384. The quantitative estimate of drug-likeness (QED) is 0.597. The van der Waals surface area contributed by atoms with Gasteiger partial charge in [-0.25, -0.2) is 13.1 Å². The van der Waals surface area contributed by atoms with Crippen molar-refractivity contribution in [2.45, 2.75) is 18.7 Å². The molecule has 0 aromatic heterocycles. The number of nitrogens with zero attached hydrogens (tertiary/aromatic N) is 1. The van der Waals surface area contributed by atoms with Crippen LogP contribution in [0.2, 0.25) is 0 Å². The molecule has 1 N–H and O–H groups in total. The van der Waals surface area contributed by atoms with Gasteiger partial charge in [-0.1, -0.05) is 12.1 Å². The first-order chi connectivity index (χ1) is 8.84. The van der Waals surface area contributed by atoms with Crippen molar-refractivity contribution in [1.82, 2.24) is 4.72 Å². The zero-order chi connectivity index (χ0) is 14.5. The first-order valence-corrected chi connectivity index (χ1v) is 7.21. The first kappa shape index (κ1) is 15.5. The minimum Gasteiger partial charge on any atom is -0.383 e. The van der Waals surface area contributed by atoms with Gasteiger partial charge in [0.1, 0.15) is 0 Å². The number of nitro groups is 1. The Hall–Kier alpha value is -1.51. The van der Waals surface area contributed by atoms with Crippen LogP contribution in [0.3, 0.4) is 0 Å². The van der Waals surface area contributed by atoms with Crippen molar-refractivity contribution in [2.75, 3.05) is 13.7 Å². The molecule has 1 atom stereocenters. The number of nitrogens with one attached hydrogen (secondary N) is 1. The Labute approximate surface area is 111 Å². The average molecular weight is 288 g/mol. The van der Waals surface area contributed by atoms with E-state index in [1.54, 1.807) is 6.92 Å². The molecule has 8 heteroatoms. The number of hydrogen-bond donors (Lipinski definition) is 1. The van der Waals surface area contributed by atoms with E-state index in [2.05, 4.69) is 4.72 Å². The molecule has 0 amide bonds. The van der Waals surface area contributed by atoms with E-state index in [9.17, 15) is 18.5 Å². The highest BCUT2D eigenvalue weighted by Gasteiger charge is 2.15. The monoisotopic (exact) mass is 288 g/mol. The lowest BCUT2D eigenvalue weighted by Gasteiger charge is -2.13. The van der Waals surface area contributed by atoms with E-state index in [-0.39, 0.29) is 24.1 Å². The predicted octanol–water partition coefficient (Wildman–Crippen LogP) is 1.05. The Morgan fingerprint density at radius 1 is 1.37 bits per heavy atom. The number of nitro benzene ring substituents is 1. The molecule has 0 fully saturated rings.